The number of piperidine rings is 1. The summed E-state index contributed by atoms with van der Waals surface area (Å²) in [5.41, 5.74) is 0. The first-order valence-electron chi connectivity index (χ1n) is 9.97. The topological polar surface area (TPSA) is 65.0 Å². The molecule has 0 amide bonds. The lowest BCUT2D eigenvalue weighted by Crippen LogP contribution is -2.54. The second kappa shape index (κ2) is 8.69. The minimum atomic E-state index is -3.04. The largest absolute Gasteiger partial charge is 0.356 e. The van der Waals surface area contributed by atoms with Gasteiger partial charge in [0.25, 0.3) is 0 Å². The van der Waals surface area contributed by atoms with Gasteiger partial charge < -0.3 is 10.2 Å². The molecule has 3 aliphatic rings. The van der Waals surface area contributed by atoms with Gasteiger partial charge in [0.2, 0.25) is 10.0 Å². The Morgan fingerprint density at radius 2 is 1.88 bits per heavy atom. The summed E-state index contributed by atoms with van der Waals surface area (Å²) in [5.74, 6) is 2.74. The molecule has 3 rings (SSSR count). The minimum absolute atomic E-state index is 0.439. The van der Waals surface area contributed by atoms with Crippen LogP contribution in [0.5, 0.6) is 0 Å². The van der Waals surface area contributed by atoms with Crippen LogP contribution in [0.3, 0.4) is 0 Å². The van der Waals surface area contributed by atoms with Crippen molar-refractivity contribution in [1.82, 2.24) is 14.5 Å². The zero-order valence-corrected chi connectivity index (χ0v) is 17.9. The van der Waals surface area contributed by atoms with Gasteiger partial charge in [-0.15, -0.1) is 0 Å². The zero-order chi connectivity index (χ0) is 18.6. The van der Waals surface area contributed by atoms with E-state index in [4.69, 9.17) is 0 Å². The Bertz CT molecular complexity index is 589. The average molecular weight is 403 g/mol. The first-order chi connectivity index (χ1) is 12.4. The van der Waals surface area contributed by atoms with Crippen molar-refractivity contribution in [3.05, 3.63) is 0 Å². The molecule has 1 saturated carbocycles. The number of hydrogen-bond donors (Lipinski definition) is 1. The molecule has 6 nitrogen and oxygen atoms in total. The summed E-state index contributed by atoms with van der Waals surface area (Å²) in [6, 6.07) is 0. The Kier molecular flexibility index (Phi) is 6.78. The van der Waals surface area contributed by atoms with Gasteiger partial charge in [0, 0.05) is 50.3 Å². The predicted octanol–water partition coefficient (Wildman–Crippen LogP) is 1.99. The summed E-state index contributed by atoms with van der Waals surface area (Å²) in [4.78, 5) is 7.00. The second-order valence-corrected chi connectivity index (χ2v) is 11.6. The molecule has 0 unspecified atom stereocenters. The number of hydrogen-bond acceptors (Lipinski definition) is 4. The first kappa shape index (κ1) is 20.3. The minimum Gasteiger partial charge on any atom is -0.356 e. The fourth-order valence-electron chi connectivity index (χ4n) is 4.54. The molecule has 1 aliphatic carbocycles. The Hall–Kier alpha value is -0.470. The standard InChI is InChI=1S/C18H34N4O2S2/c1-19-17(20-14-16-6-10-22(11-7-16)26(2,23)24)21-12-13-25-18(15-21)8-4-3-5-9-18/h16H,3-15H2,1-2H3,(H,19,20). The van der Waals surface area contributed by atoms with Crippen LogP contribution in [-0.4, -0.2) is 80.1 Å². The van der Waals surface area contributed by atoms with Gasteiger partial charge in [0.15, 0.2) is 5.96 Å². The van der Waals surface area contributed by atoms with E-state index in [0.717, 1.165) is 38.4 Å². The summed E-state index contributed by atoms with van der Waals surface area (Å²) in [7, 11) is -1.16. The maximum atomic E-state index is 11.6. The van der Waals surface area contributed by atoms with Gasteiger partial charge in [-0.1, -0.05) is 19.3 Å². The number of rotatable bonds is 3. The highest BCUT2D eigenvalue weighted by atomic mass is 32.2. The average Bonchev–Trinajstić information content (AvgIpc) is 2.63. The molecule has 2 aliphatic heterocycles. The number of nitrogens with one attached hydrogen (secondary N) is 1. The molecule has 1 spiro atoms. The van der Waals surface area contributed by atoms with Crippen molar-refractivity contribution in [1.29, 1.82) is 0 Å². The van der Waals surface area contributed by atoms with Crippen molar-refractivity contribution in [2.75, 3.05) is 51.8 Å². The lowest BCUT2D eigenvalue weighted by Gasteiger charge is -2.45. The van der Waals surface area contributed by atoms with Crippen LogP contribution >= 0.6 is 11.8 Å². The lowest BCUT2D eigenvalue weighted by atomic mass is 9.87. The van der Waals surface area contributed by atoms with Crippen molar-refractivity contribution in [3.8, 4) is 0 Å². The molecule has 0 aromatic heterocycles. The highest BCUT2D eigenvalue weighted by Crippen LogP contribution is 2.42. The predicted molar refractivity (Wildman–Crippen MR) is 110 cm³/mol. The first-order valence-corrected chi connectivity index (χ1v) is 12.8. The Labute approximate surface area is 163 Å². The van der Waals surface area contributed by atoms with E-state index in [1.54, 1.807) is 4.31 Å². The van der Waals surface area contributed by atoms with Crippen molar-refractivity contribution < 1.29 is 8.42 Å². The fourth-order valence-corrected chi connectivity index (χ4v) is 6.98. The van der Waals surface area contributed by atoms with Crippen LogP contribution in [0.1, 0.15) is 44.9 Å². The van der Waals surface area contributed by atoms with Crippen LogP contribution in [0.15, 0.2) is 4.99 Å². The lowest BCUT2D eigenvalue weighted by molar-refractivity contribution is 0.267. The number of thioether (sulfide) groups is 1. The molecule has 0 bridgehead atoms. The summed E-state index contributed by atoms with van der Waals surface area (Å²) in [6.07, 6.45) is 9.97. The smallest absolute Gasteiger partial charge is 0.211 e. The van der Waals surface area contributed by atoms with E-state index in [2.05, 4.69) is 27.0 Å². The summed E-state index contributed by atoms with van der Waals surface area (Å²) >= 11 is 2.18. The van der Waals surface area contributed by atoms with Crippen LogP contribution < -0.4 is 5.32 Å². The van der Waals surface area contributed by atoms with Crippen LogP contribution in [0.25, 0.3) is 0 Å². The zero-order valence-electron chi connectivity index (χ0n) is 16.2. The molecule has 0 aromatic carbocycles. The van der Waals surface area contributed by atoms with Gasteiger partial charge in [-0.05, 0) is 31.6 Å². The quantitative estimate of drug-likeness (QED) is 0.578. The van der Waals surface area contributed by atoms with E-state index in [1.807, 2.05) is 7.05 Å². The molecule has 2 saturated heterocycles. The Morgan fingerprint density at radius 3 is 2.50 bits per heavy atom. The van der Waals surface area contributed by atoms with E-state index in [0.29, 0.717) is 23.8 Å². The van der Waals surface area contributed by atoms with E-state index in [-0.39, 0.29) is 0 Å². The Morgan fingerprint density at radius 1 is 1.19 bits per heavy atom. The summed E-state index contributed by atoms with van der Waals surface area (Å²) < 4.78 is 25.3. The van der Waals surface area contributed by atoms with Gasteiger partial charge in [0.05, 0.1) is 6.26 Å². The molecule has 2 heterocycles. The number of sulfonamides is 1. The maximum absolute atomic E-state index is 11.6. The molecule has 0 atom stereocenters. The number of nitrogens with zero attached hydrogens (tertiary/aromatic N) is 3. The van der Waals surface area contributed by atoms with E-state index < -0.39 is 10.0 Å². The number of aliphatic imine (C=N–C) groups is 1. The van der Waals surface area contributed by atoms with Gasteiger partial charge in [0.1, 0.15) is 0 Å². The van der Waals surface area contributed by atoms with Crippen LogP contribution in [0.4, 0.5) is 0 Å². The molecule has 1 N–H and O–H groups in total. The maximum Gasteiger partial charge on any atom is 0.211 e. The monoisotopic (exact) mass is 402 g/mol. The molecule has 0 radical (unpaired) electrons. The third-order valence-electron chi connectivity index (χ3n) is 6.12. The molecule has 0 aromatic rings. The van der Waals surface area contributed by atoms with Gasteiger partial charge >= 0.3 is 0 Å². The number of guanidine groups is 1. The third-order valence-corrected chi connectivity index (χ3v) is 8.96. The molecule has 8 heteroatoms. The van der Waals surface area contributed by atoms with Crippen molar-refractivity contribution in [2.24, 2.45) is 10.9 Å². The van der Waals surface area contributed by atoms with Gasteiger partial charge in [-0.25, -0.2) is 12.7 Å². The second-order valence-electron chi connectivity index (χ2n) is 8.05. The fraction of sp³-hybridized carbons (Fsp3) is 0.944. The van der Waals surface area contributed by atoms with Gasteiger partial charge in [-0.3, -0.25) is 4.99 Å². The highest BCUT2D eigenvalue weighted by molar-refractivity contribution is 8.00. The van der Waals surface area contributed by atoms with Crippen molar-refractivity contribution in [3.63, 3.8) is 0 Å². The van der Waals surface area contributed by atoms with Crippen molar-refractivity contribution >= 4 is 27.7 Å². The van der Waals surface area contributed by atoms with E-state index in [1.165, 1.54) is 44.1 Å². The molecular formula is C18H34N4O2S2. The van der Waals surface area contributed by atoms with Crippen LogP contribution in [0, 0.1) is 5.92 Å². The molecule has 150 valence electrons. The van der Waals surface area contributed by atoms with Gasteiger partial charge in [-0.2, -0.15) is 11.8 Å². The van der Waals surface area contributed by atoms with E-state index >= 15 is 0 Å². The normalized spacial score (nSPS) is 26.2. The summed E-state index contributed by atoms with van der Waals surface area (Å²) in [5, 5.41) is 3.58. The van der Waals surface area contributed by atoms with Crippen molar-refractivity contribution in [2.45, 2.75) is 49.7 Å². The molecular weight excluding hydrogens is 368 g/mol. The SMILES string of the molecule is CN=C(NCC1CCN(S(C)(=O)=O)CC1)N1CCSC2(CCCCC2)C1. The third kappa shape index (κ3) is 5.07. The summed E-state index contributed by atoms with van der Waals surface area (Å²) in [6.45, 7) is 4.36. The highest BCUT2D eigenvalue weighted by Gasteiger charge is 2.38. The van der Waals surface area contributed by atoms with Crippen LogP contribution in [0.2, 0.25) is 0 Å². The van der Waals surface area contributed by atoms with Crippen LogP contribution in [-0.2, 0) is 10.0 Å². The Balaban J connectivity index is 1.49. The molecule has 26 heavy (non-hydrogen) atoms. The molecule has 3 fully saturated rings. The van der Waals surface area contributed by atoms with E-state index in [9.17, 15) is 8.42 Å².